The van der Waals surface area contributed by atoms with Gasteiger partial charge >= 0.3 is 30.3 Å². The lowest BCUT2D eigenvalue weighted by Crippen LogP contribution is -2.37. The van der Waals surface area contributed by atoms with Crippen molar-refractivity contribution in [2.75, 3.05) is 0 Å². The molecule has 156 valence electrons. The molecule has 12 nitrogen and oxygen atoms in total. The Morgan fingerprint density at radius 1 is 0.897 bits per heavy atom. The maximum atomic E-state index is 12.0. The van der Waals surface area contributed by atoms with Gasteiger partial charge in [-0.25, -0.2) is 0 Å². The molecule has 2 aliphatic heterocycles. The van der Waals surface area contributed by atoms with Crippen molar-refractivity contribution in [3.63, 3.8) is 0 Å². The van der Waals surface area contributed by atoms with Crippen LogP contribution in [0.25, 0.3) is 0 Å². The molecule has 3 unspecified atom stereocenters. The topological polar surface area (TPSA) is 158 Å². The van der Waals surface area contributed by atoms with Crippen LogP contribution in [-0.4, -0.2) is 81.9 Å². The van der Waals surface area contributed by atoms with Crippen LogP contribution in [0.5, 0.6) is 0 Å². The van der Waals surface area contributed by atoms with Crippen molar-refractivity contribution < 1.29 is 51.5 Å². The number of carbonyl (C=O) groups is 6. The van der Waals surface area contributed by atoms with Gasteiger partial charge in [-0.3, -0.25) is 28.8 Å². The molecule has 2 heterocycles. The lowest BCUT2D eigenvalue weighted by atomic mass is 10.3. The van der Waals surface area contributed by atoms with Crippen molar-refractivity contribution in [2.45, 2.75) is 35.0 Å². The summed E-state index contributed by atoms with van der Waals surface area (Å²) in [5.41, 5.74) is 0. The quantitative estimate of drug-likeness (QED) is 0.292. The van der Waals surface area contributed by atoms with Crippen molar-refractivity contribution in [2.24, 2.45) is 0 Å². The summed E-state index contributed by atoms with van der Waals surface area (Å²) in [4.78, 5) is 69.9. The summed E-state index contributed by atoms with van der Waals surface area (Å²) in [7, 11) is 0. The Kier molecular flexibility index (Phi) is 9.02. The molecule has 3 atom stereocenters. The van der Waals surface area contributed by atoms with Crippen LogP contribution in [0.15, 0.2) is 0 Å². The SMILES string of the molecule is O=C1CC(S)C(=O)[O][Al]([O]C(=O)CC(S)C(=O)[O][Al]2[O]C(=O)CC(S)C(=O)[O]2)[O]1. The lowest BCUT2D eigenvalue weighted by Gasteiger charge is -2.14. The third-order valence-electron chi connectivity index (χ3n) is 3.22. The van der Waals surface area contributed by atoms with Gasteiger partial charge < -0.3 is 22.7 Å². The molecule has 0 aromatic rings. The van der Waals surface area contributed by atoms with Crippen LogP contribution in [-0.2, 0) is 51.5 Å². The molecule has 2 rings (SSSR count). The van der Waals surface area contributed by atoms with Gasteiger partial charge in [-0.1, -0.05) is 0 Å². The van der Waals surface area contributed by atoms with E-state index in [2.05, 4.69) is 37.9 Å². The van der Waals surface area contributed by atoms with E-state index in [1.807, 2.05) is 0 Å². The molecular weight excluding hydrogens is 486 g/mol. The molecule has 0 aliphatic carbocycles. The Bertz CT molecular complexity index is 733. The first-order chi connectivity index (χ1) is 13.5. The highest BCUT2D eigenvalue weighted by molar-refractivity contribution is 7.82. The van der Waals surface area contributed by atoms with Crippen LogP contribution >= 0.6 is 37.9 Å². The van der Waals surface area contributed by atoms with Gasteiger partial charge in [0.1, 0.15) is 15.7 Å². The summed E-state index contributed by atoms with van der Waals surface area (Å²) in [6.45, 7) is 0. The van der Waals surface area contributed by atoms with Crippen LogP contribution in [0.4, 0.5) is 0 Å². The van der Waals surface area contributed by atoms with E-state index in [1.54, 1.807) is 0 Å². The van der Waals surface area contributed by atoms with E-state index in [4.69, 9.17) is 22.7 Å². The normalized spacial score (nSPS) is 23.6. The van der Waals surface area contributed by atoms with Crippen LogP contribution in [0.2, 0.25) is 0 Å². The average Bonchev–Trinajstić information content (AvgIpc) is 2.79. The first kappa shape index (κ1) is 24.2. The number of thiol groups is 3. The first-order valence-corrected chi connectivity index (χ1v) is 12.2. The molecule has 0 aromatic carbocycles. The summed E-state index contributed by atoms with van der Waals surface area (Å²) in [5.74, 6) is -5.61. The minimum absolute atomic E-state index is 0.346. The minimum Gasteiger partial charge on any atom is -0.551 e. The minimum atomic E-state index is -3.49. The fourth-order valence-corrected chi connectivity index (χ4v) is 5.11. The molecule has 2 aliphatic rings. The third-order valence-corrected chi connectivity index (χ3v) is 7.04. The Balaban J connectivity index is 1.86. The van der Waals surface area contributed by atoms with E-state index < -0.39 is 88.3 Å². The molecule has 0 N–H and O–H groups in total. The maximum absolute atomic E-state index is 12.0. The molecule has 0 radical (unpaired) electrons. The summed E-state index contributed by atoms with van der Waals surface area (Å²) < 4.78 is 28.6. The highest BCUT2D eigenvalue weighted by Crippen LogP contribution is 2.16. The van der Waals surface area contributed by atoms with E-state index in [0.717, 1.165) is 0 Å². The van der Waals surface area contributed by atoms with Crippen LogP contribution < -0.4 is 0 Å². The van der Waals surface area contributed by atoms with Gasteiger partial charge in [0.25, 0.3) is 35.8 Å². The Morgan fingerprint density at radius 3 is 1.83 bits per heavy atom. The second-order valence-electron chi connectivity index (χ2n) is 5.52. The zero-order valence-electron chi connectivity index (χ0n) is 14.2. The molecule has 17 heteroatoms. The molecule has 2 fully saturated rings. The highest BCUT2D eigenvalue weighted by Gasteiger charge is 2.54. The number of rotatable bonds is 5. The van der Waals surface area contributed by atoms with Gasteiger partial charge in [-0.05, 0) is 0 Å². The fourth-order valence-electron chi connectivity index (χ4n) is 1.85. The number of hydrogen-bond acceptors (Lipinski definition) is 15. The van der Waals surface area contributed by atoms with Gasteiger partial charge in [0.05, 0.1) is 19.3 Å². The van der Waals surface area contributed by atoms with Crippen molar-refractivity contribution in [1.29, 1.82) is 0 Å². The van der Waals surface area contributed by atoms with E-state index in [0.29, 0.717) is 0 Å². The van der Waals surface area contributed by atoms with E-state index >= 15 is 0 Å². The first-order valence-electron chi connectivity index (χ1n) is 7.79. The summed E-state index contributed by atoms with van der Waals surface area (Å²) in [6, 6.07) is 0. The number of carbonyl (C=O) groups excluding carboxylic acids is 6. The molecular formula is C12H12Al2O12S3. The van der Waals surface area contributed by atoms with Crippen LogP contribution in [0.1, 0.15) is 19.3 Å². The smallest absolute Gasteiger partial charge is 0.551 e. The van der Waals surface area contributed by atoms with Crippen molar-refractivity contribution in [3.05, 3.63) is 0 Å². The predicted octanol–water partition coefficient (Wildman–Crippen LogP) is -1.69. The van der Waals surface area contributed by atoms with Crippen molar-refractivity contribution in [1.82, 2.24) is 0 Å². The average molecular weight is 498 g/mol. The van der Waals surface area contributed by atoms with Gasteiger partial charge in [0, 0.05) is 0 Å². The van der Waals surface area contributed by atoms with Gasteiger partial charge in [0.15, 0.2) is 0 Å². The van der Waals surface area contributed by atoms with E-state index in [1.165, 1.54) is 0 Å². The van der Waals surface area contributed by atoms with Crippen molar-refractivity contribution >= 4 is 104 Å². The monoisotopic (exact) mass is 498 g/mol. The zero-order valence-corrected chi connectivity index (χ0v) is 19.2. The summed E-state index contributed by atoms with van der Waals surface area (Å²) in [5, 5.41) is -3.49. The largest absolute Gasteiger partial charge is 1.20 e. The summed E-state index contributed by atoms with van der Waals surface area (Å²) in [6.07, 6.45) is -1.36. The third kappa shape index (κ3) is 7.60. The molecule has 0 saturated carbocycles. The van der Waals surface area contributed by atoms with Crippen LogP contribution in [0, 0.1) is 0 Å². The molecule has 0 bridgehead atoms. The molecule has 29 heavy (non-hydrogen) atoms. The van der Waals surface area contributed by atoms with E-state index in [-0.39, 0.29) is 12.8 Å². The second kappa shape index (κ2) is 10.8. The van der Waals surface area contributed by atoms with Gasteiger partial charge in [0.2, 0.25) is 0 Å². The summed E-state index contributed by atoms with van der Waals surface area (Å²) >= 11 is 4.63. The van der Waals surface area contributed by atoms with E-state index in [9.17, 15) is 28.8 Å². The Hall–Kier alpha value is -1.07. The second-order valence-corrected chi connectivity index (χ2v) is 9.96. The van der Waals surface area contributed by atoms with Crippen LogP contribution in [0.3, 0.4) is 0 Å². The molecule has 2 saturated heterocycles. The van der Waals surface area contributed by atoms with Gasteiger partial charge in [-0.15, -0.1) is 0 Å². The predicted molar refractivity (Wildman–Crippen MR) is 100 cm³/mol. The molecule has 0 spiro atoms. The van der Waals surface area contributed by atoms with Gasteiger partial charge in [-0.2, -0.15) is 37.9 Å². The molecule has 0 aromatic heterocycles. The Morgan fingerprint density at radius 2 is 1.34 bits per heavy atom. The fraction of sp³-hybridized carbons (Fsp3) is 0.500. The highest BCUT2D eigenvalue weighted by atomic mass is 32.1. The number of hydrogen-bond donors (Lipinski definition) is 3. The molecule has 0 amide bonds. The lowest BCUT2D eigenvalue weighted by molar-refractivity contribution is -0.149. The Labute approximate surface area is 189 Å². The van der Waals surface area contributed by atoms with Crippen molar-refractivity contribution in [3.8, 4) is 0 Å². The zero-order chi connectivity index (χ0) is 21.7. The maximum Gasteiger partial charge on any atom is 1.20 e. The standard InChI is InChI=1S/3C4H6O4S.2Al/c3*5-3(6)1-2(9)4(7)8;;/h3*2,9H,1H2,(H,5,6)(H,7,8);;/q;;;2*+3/p-6.